The number of pyridine rings is 1. The first-order chi connectivity index (χ1) is 24.2. The number of fused-ring (bicyclic) bond motifs is 1. The minimum atomic E-state index is -0.759. The van der Waals surface area contributed by atoms with E-state index in [9.17, 15) is 9.59 Å². The highest BCUT2D eigenvalue weighted by Crippen LogP contribution is 2.63. The zero-order chi connectivity index (χ0) is 35.0. The molecule has 3 unspecified atom stereocenters. The molecule has 0 spiro atoms. The summed E-state index contributed by atoms with van der Waals surface area (Å²) in [5.41, 5.74) is 2.70. The number of nitrogens with zero attached hydrogens (tertiary/aromatic N) is 2. The Morgan fingerprint density at radius 2 is 1.70 bits per heavy atom. The quantitative estimate of drug-likeness (QED) is 0.147. The van der Waals surface area contributed by atoms with Crippen molar-refractivity contribution < 1.29 is 38.3 Å². The van der Waals surface area contributed by atoms with E-state index in [1.54, 1.807) is 62.9 Å². The van der Waals surface area contributed by atoms with Crippen molar-refractivity contribution in [2.24, 2.45) is 11.8 Å². The average Bonchev–Trinajstić information content (AvgIpc) is 3.63. The second-order valence-corrected chi connectivity index (χ2v) is 13.7. The lowest BCUT2D eigenvalue weighted by atomic mass is 10.0. The van der Waals surface area contributed by atoms with Gasteiger partial charge in [0.1, 0.15) is 27.5 Å². The number of H-pyrrole nitrogens is 1. The number of piperidine rings is 3. The molecule has 4 bridgehead atoms. The monoisotopic (exact) mass is 718 g/mol. The van der Waals surface area contributed by atoms with Gasteiger partial charge < -0.3 is 23.7 Å². The number of esters is 1. The van der Waals surface area contributed by atoms with Crippen molar-refractivity contribution >= 4 is 41.0 Å². The first kappa shape index (κ1) is 34.0. The molecule has 1 N–H and O–H groups in total. The van der Waals surface area contributed by atoms with E-state index in [1.165, 1.54) is 0 Å². The Hall–Kier alpha value is -4.51. The highest BCUT2D eigenvalue weighted by molar-refractivity contribution is 6.35. The Morgan fingerprint density at radius 3 is 2.34 bits per heavy atom. The number of rotatable bonds is 12. The largest absolute Gasteiger partial charge is 0.497 e. The third kappa shape index (κ3) is 6.55. The fraction of sp³-hybridized carbons (Fsp3) is 0.342. The maximum absolute atomic E-state index is 13.9. The van der Waals surface area contributed by atoms with Gasteiger partial charge in [0.15, 0.2) is 23.9 Å². The first-order valence-corrected chi connectivity index (χ1v) is 17.2. The lowest BCUT2D eigenvalue weighted by molar-refractivity contribution is -0.377. The molecule has 4 fully saturated rings. The van der Waals surface area contributed by atoms with Crippen molar-refractivity contribution in [3.63, 3.8) is 0 Å². The van der Waals surface area contributed by atoms with Crippen LogP contribution in [0.25, 0.3) is 0 Å². The zero-order valence-corrected chi connectivity index (χ0v) is 29.5. The summed E-state index contributed by atoms with van der Waals surface area (Å²) in [6, 6.07) is 19.7. The van der Waals surface area contributed by atoms with Crippen molar-refractivity contribution in [1.82, 2.24) is 4.90 Å². The van der Waals surface area contributed by atoms with Gasteiger partial charge in [0, 0.05) is 43.0 Å². The summed E-state index contributed by atoms with van der Waals surface area (Å²) in [7, 11) is 4.68. The number of carbonyl (C=O) groups is 2. The Morgan fingerprint density at radius 1 is 0.940 bits per heavy atom. The molecule has 3 saturated heterocycles. The average molecular weight is 720 g/mol. The van der Waals surface area contributed by atoms with Crippen LogP contribution in [0.2, 0.25) is 10.0 Å². The molecule has 0 radical (unpaired) electrons. The maximum Gasteiger partial charge on any atom is 0.415 e. The molecule has 12 heteroatoms. The lowest BCUT2D eigenvalue weighted by Gasteiger charge is -2.31. The molecule has 5 atom stereocenters. The summed E-state index contributed by atoms with van der Waals surface area (Å²) < 4.78 is 28.8. The van der Waals surface area contributed by atoms with Crippen LogP contribution in [-0.4, -0.2) is 63.5 Å². The summed E-state index contributed by atoms with van der Waals surface area (Å²) >= 11 is 13.0. The Labute approximate surface area is 300 Å². The minimum Gasteiger partial charge on any atom is -0.497 e. The van der Waals surface area contributed by atoms with Crippen LogP contribution in [0.15, 0.2) is 79.1 Å². The molecule has 1 amide bonds. The van der Waals surface area contributed by atoms with Gasteiger partial charge in [-0.2, -0.15) is 0 Å². The number of amides is 1. The molecule has 4 aliphatic rings. The second kappa shape index (κ2) is 14.0. The SMILES string of the molecule is COc1cccc(N(Cc2ccc(C(=O)O[C@@H](Cc3c(Cl)c[nH+]cc3Cl)c3ccc(OC)c(OC)c3)cc2)C(=O)O[C@]23CN4CCC2C3C4)c1. The normalized spacial score (nSPS) is 21.9. The standard InChI is InChI=1S/C38H37Cl2N3O7/c1-46-27-6-4-5-26(16-27)43(37(45)50-38-22-42-14-13-29(38)30(38)21-42)20-23-7-9-24(10-8-23)36(44)49-34(17-28-31(39)18-41-19-32(28)40)25-11-12-33(47-2)35(15-25)48-3/h4-12,15-16,18-19,29-30,34H,13-14,17,20-22H2,1-3H3/p+1/t29?,30?,34-,38+/m0/s1. The number of anilines is 1. The summed E-state index contributed by atoms with van der Waals surface area (Å²) in [5, 5.41) is 0.828. The van der Waals surface area contributed by atoms with Gasteiger partial charge >= 0.3 is 12.1 Å². The zero-order valence-electron chi connectivity index (χ0n) is 28.0. The van der Waals surface area contributed by atoms with Crippen LogP contribution in [-0.2, 0) is 22.4 Å². The topological polar surface area (TPSA) is 101 Å². The van der Waals surface area contributed by atoms with E-state index in [-0.39, 0.29) is 13.0 Å². The molecule has 1 saturated carbocycles. The Bertz CT molecular complexity index is 1880. The van der Waals surface area contributed by atoms with Crippen molar-refractivity contribution in [2.75, 3.05) is 45.9 Å². The maximum atomic E-state index is 13.9. The van der Waals surface area contributed by atoms with Gasteiger partial charge in [0.2, 0.25) is 0 Å². The summed E-state index contributed by atoms with van der Waals surface area (Å²) in [6.45, 7) is 3.08. The van der Waals surface area contributed by atoms with E-state index in [0.29, 0.717) is 61.5 Å². The number of carbonyl (C=O) groups excluding carboxylic acids is 2. The van der Waals surface area contributed by atoms with E-state index in [0.717, 1.165) is 31.6 Å². The number of benzene rings is 3. The van der Waals surface area contributed by atoms with Crippen LogP contribution in [0.1, 0.15) is 39.6 Å². The molecule has 260 valence electrons. The van der Waals surface area contributed by atoms with Crippen LogP contribution < -0.4 is 24.1 Å². The van der Waals surface area contributed by atoms with Gasteiger partial charge in [-0.05, 0) is 60.5 Å². The molecule has 8 rings (SSSR count). The van der Waals surface area contributed by atoms with E-state index >= 15 is 0 Å². The molecule has 10 nitrogen and oxygen atoms in total. The van der Waals surface area contributed by atoms with Gasteiger partial charge in [0.25, 0.3) is 0 Å². The minimum absolute atomic E-state index is 0.213. The highest BCUT2D eigenvalue weighted by atomic mass is 35.5. The molecule has 4 aromatic rings. The first-order valence-electron chi connectivity index (χ1n) is 16.5. The molecular formula is C38H38Cl2N3O7+. The summed E-state index contributed by atoms with van der Waals surface area (Å²) in [6.07, 6.45) is 3.36. The van der Waals surface area contributed by atoms with Crippen LogP contribution in [0.4, 0.5) is 10.5 Å². The number of methoxy groups -OCH3 is 3. The van der Waals surface area contributed by atoms with Crippen molar-refractivity contribution in [2.45, 2.75) is 31.1 Å². The van der Waals surface area contributed by atoms with Crippen molar-refractivity contribution in [1.29, 1.82) is 0 Å². The highest BCUT2D eigenvalue weighted by Gasteiger charge is 2.74. The summed E-state index contributed by atoms with van der Waals surface area (Å²) in [5.74, 6) is 1.96. The van der Waals surface area contributed by atoms with E-state index in [1.807, 2.05) is 42.5 Å². The smallest absolute Gasteiger partial charge is 0.415 e. The third-order valence-electron chi connectivity index (χ3n) is 10.1. The van der Waals surface area contributed by atoms with Gasteiger partial charge in [-0.25, -0.2) is 14.6 Å². The van der Waals surface area contributed by atoms with E-state index in [4.69, 9.17) is 46.9 Å². The summed E-state index contributed by atoms with van der Waals surface area (Å²) in [4.78, 5) is 34.4. The fourth-order valence-corrected chi connectivity index (χ4v) is 7.96. The molecule has 1 aliphatic carbocycles. The number of ether oxygens (including phenoxy) is 5. The van der Waals surface area contributed by atoms with Gasteiger partial charge in [-0.1, -0.05) is 47.5 Å². The van der Waals surface area contributed by atoms with Gasteiger partial charge in [0.05, 0.1) is 39.1 Å². The Balaban J connectivity index is 1.11. The second-order valence-electron chi connectivity index (χ2n) is 12.9. The number of hydrogen-bond acceptors (Lipinski definition) is 8. The number of aromatic amines is 1. The van der Waals surface area contributed by atoms with Crippen LogP contribution >= 0.6 is 23.2 Å². The Kier molecular flexibility index (Phi) is 9.52. The van der Waals surface area contributed by atoms with Crippen LogP contribution in [0.3, 0.4) is 0 Å². The number of halogens is 2. The number of nitrogens with one attached hydrogen (secondary N) is 1. The lowest BCUT2D eigenvalue weighted by Crippen LogP contribution is -2.42. The molecule has 1 aromatic heterocycles. The van der Waals surface area contributed by atoms with E-state index < -0.39 is 23.8 Å². The fourth-order valence-electron chi connectivity index (χ4n) is 7.43. The third-order valence-corrected chi connectivity index (χ3v) is 10.8. The molecule has 3 aromatic carbocycles. The molecule has 4 heterocycles. The predicted molar refractivity (Wildman–Crippen MR) is 187 cm³/mol. The van der Waals surface area contributed by atoms with Crippen LogP contribution in [0.5, 0.6) is 17.2 Å². The van der Waals surface area contributed by atoms with Crippen LogP contribution in [0, 0.1) is 11.8 Å². The molecule has 50 heavy (non-hydrogen) atoms. The molecule has 3 aliphatic heterocycles. The van der Waals surface area contributed by atoms with Gasteiger partial charge in [-0.3, -0.25) is 9.80 Å². The molecular weight excluding hydrogens is 681 g/mol. The predicted octanol–water partition coefficient (Wildman–Crippen LogP) is 6.82. The number of hydrogen-bond donors (Lipinski definition) is 0. The van der Waals surface area contributed by atoms with E-state index in [2.05, 4.69) is 9.88 Å². The van der Waals surface area contributed by atoms with Crippen molar-refractivity contribution in [3.05, 3.63) is 111 Å². The van der Waals surface area contributed by atoms with Gasteiger partial charge in [-0.15, -0.1) is 0 Å². The van der Waals surface area contributed by atoms with Crippen molar-refractivity contribution in [3.8, 4) is 17.2 Å². The number of aromatic nitrogens is 1.